The number of rotatable bonds is 5. The van der Waals surface area contributed by atoms with Gasteiger partial charge in [0.1, 0.15) is 5.82 Å². The van der Waals surface area contributed by atoms with Crippen LogP contribution in [0.1, 0.15) is 36.4 Å². The number of nitrogens with one attached hydrogen (secondary N) is 1. The van der Waals surface area contributed by atoms with E-state index in [2.05, 4.69) is 16.0 Å². The Labute approximate surface area is 164 Å². The largest absolute Gasteiger partial charge is 0.329 e. The molecule has 0 bridgehead atoms. The van der Waals surface area contributed by atoms with Crippen LogP contribution in [0.3, 0.4) is 0 Å². The number of carbonyl (C=O) groups excluding carboxylic acids is 1. The van der Waals surface area contributed by atoms with E-state index in [0.29, 0.717) is 16.7 Å². The first kappa shape index (κ1) is 19.5. The predicted octanol–water partition coefficient (Wildman–Crippen LogP) is 3.99. The minimum absolute atomic E-state index is 0.0342. The Morgan fingerprint density at radius 1 is 1.18 bits per heavy atom. The molecule has 0 saturated heterocycles. The monoisotopic (exact) mass is 375 g/mol. The molecule has 0 radical (unpaired) electrons. The van der Waals surface area contributed by atoms with Crippen molar-refractivity contribution in [1.82, 2.24) is 14.9 Å². The molecule has 0 aliphatic rings. The van der Waals surface area contributed by atoms with E-state index in [1.807, 2.05) is 52.0 Å². The van der Waals surface area contributed by atoms with Gasteiger partial charge in [-0.05, 0) is 57.0 Å². The Bertz CT molecular complexity index is 1100. The number of aryl methyl sites for hydroxylation is 2. The summed E-state index contributed by atoms with van der Waals surface area (Å²) >= 11 is 0. The summed E-state index contributed by atoms with van der Waals surface area (Å²) in [7, 11) is 0. The summed E-state index contributed by atoms with van der Waals surface area (Å²) in [6, 6.07) is 13.3. The zero-order valence-corrected chi connectivity index (χ0v) is 16.7. The normalized spacial score (nSPS) is 11.5. The van der Waals surface area contributed by atoms with E-state index in [4.69, 9.17) is 0 Å². The quantitative estimate of drug-likeness (QED) is 0.686. The van der Waals surface area contributed by atoms with Gasteiger partial charge in [0.2, 0.25) is 5.91 Å². The highest BCUT2D eigenvalue weighted by molar-refractivity contribution is 5.92. The number of nitrogens with zero attached hydrogens (tertiary/aromatic N) is 2. The van der Waals surface area contributed by atoms with Crippen molar-refractivity contribution in [2.24, 2.45) is 0 Å². The summed E-state index contributed by atoms with van der Waals surface area (Å²) in [4.78, 5) is 34.1. The fourth-order valence-electron chi connectivity index (χ4n) is 3.16. The third-order valence-corrected chi connectivity index (χ3v) is 4.72. The number of carbonyl (C=O) groups is 1. The van der Waals surface area contributed by atoms with Gasteiger partial charge in [-0.3, -0.25) is 9.59 Å². The fraction of sp³-hybridized carbons (Fsp3) is 0.261. The molecule has 1 aromatic heterocycles. The molecule has 0 atom stereocenters. The minimum atomic E-state index is -0.192. The summed E-state index contributed by atoms with van der Waals surface area (Å²) < 4.78 is 0. The number of H-pyrrole nitrogens is 1. The van der Waals surface area contributed by atoms with Gasteiger partial charge in [0, 0.05) is 12.1 Å². The van der Waals surface area contributed by atoms with Crippen molar-refractivity contribution in [3.05, 3.63) is 81.4 Å². The van der Waals surface area contributed by atoms with E-state index in [-0.39, 0.29) is 24.1 Å². The van der Waals surface area contributed by atoms with Crippen molar-refractivity contribution in [1.29, 1.82) is 0 Å². The summed E-state index contributed by atoms with van der Waals surface area (Å²) in [5, 5.41) is 0.545. The summed E-state index contributed by atoms with van der Waals surface area (Å²) in [6.07, 6.45) is 3.42. The third kappa shape index (κ3) is 4.36. The van der Waals surface area contributed by atoms with Crippen LogP contribution >= 0.6 is 0 Å². The zero-order valence-electron chi connectivity index (χ0n) is 16.7. The van der Waals surface area contributed by atoms with Crippen LogP contribution in [0.5, 0.6) is 0 Å². The van der Waals surface area contributed by atoms with Crippen LogP contribution in [0.25, 0.3) is 17.0 Å². The number of amides is 1. The summed E-state index contributed by atoms with van der Waals surface area (Å²) in [6.45, 7) is 8.21. The molecule has 1 heterocycles. The van der Waals surface area contributed by atoms with Crippen LogP contribution in [0.2, 0.25) is 0 Å². The lowest BCUT2D eigenvalue weighted by molar-refractivity contribution is -0.128. The van der Waals surface area contributed by atoms with Crippen LogP contribution in [0.4, 0.5) is 0 Å². The Balaban J connectivity index is 1.84. The number of aromatic amines is 1. The van der Waals surface area contributed by atoms with Gasteiger partial charge in [-0.1, -0.05) is 35.9 Å². The molecule has 0 fully saturated rings. The molecular formula is C23H25N3O2. The highest BCUT2D eigenvalue weighted by Crippen LogP contribution is 2.14. The topological polar surface area (TPSA) is 66.1 Å². The Morgan fingerprint density at radius 3 is 2.64 bits per heavy atom. The molecule has 28 heavy (non-hydrogen) atoms. The van der Waals surface area contributed by atoms with Crippen molar-refractivity contribution in [2.75, 3.05) is 0 Å². The lowest BCUT2D eigenvalue weighted by Crippen LogP contribution is -2.36. The summed E-state index contributed by atoms with van der Waals surface area (Å²) in [5.41, 5.74) is 3.77. The minimum Gasteiger partial charge on any atom is -0.329 e. The third-order valence-electron chi connectivity index (χ3n) is 4.72. The molecule has 0 saturated carbocycles. The molecule has 2 aromatic carbocycles. The molecule has 5 nitrogen and oxygen atoms in total. The second kappa shape index (κ2) is 8.21. The maximum atomic E-state index is 12.8. The first-order chi connectivity index (χ1) is 13.3. The highest BCUT2D eigenvalue weighted by Gasteiger charge is 2.17. The second-order valence-electron chi connectivity index (χ2n) is 7.28. The Morgan fingerprint density at radius 2 is 1.93 bits per heavy atom. The number of benzene rings is 2. The zero-order chi connectivity index (χ0) is 20.3. The van der Waals surface area contributed by atoms with Crippen LogP contribution in [0, 0.1) is 13.8 Å². The second-order valence-corrected chi connectivity index (χ2v) is 7.28. The van der Waals surface area contributed by atoms with Gasteiger partial charge in [-0.25, -0.2) is 4.98 Å². The van der Waals surface area contributed by atoms with Gasteiger partial charge in [0.15, 0.2) is 0 Å². The van der Waals surface area contributed by atoms with Crippen molar-refractivity contribution in [3.8, 4) is 0 Å². The average Bonchev–Trinajstić information content (AvgIpc) is 2.65. The van der Waals surface area contributed by atoms with Crippen molar-refractivity contribution >= 4 is 22.9 Å². The van der Waals surface area contributed by atoms with E-state index in [1.165, 1.54) is 5.56 Å². The predicted molar refractivity (Wildman–Crippen MR) is 113 cm³/mol. The molecule has 0 spiro atoms. The molecule has 1 N–H and O–H groups in total. The van der Waals surface area contributed by atoms with Gasteiger partial charge in [-0.2, -0.15) is 0 Å². The molecule has 0 aliphatic carbocycles. The molecule has 5 heteroatoms. The first-order valence-corrected chi connectivity index (χ1v) is 9.39. The van der Waals surface area contributed by atoms with Crippen LogP contribution in [0.15, 0.2) is 53.3 Å². The highest BCUT2D eigenvalue weighted by atomic mass is 16.2. The fourth-order valence-corrected chi connectivity index (χ4v) is 3.16. The molecule has 1 amide bonds. The molecule has 0 aliphatic heterocycles. The summed E-state index contributed by atoms with van der Waals surface area (Å²) in [5.74, 6) is 0.358. The van der Waals surface area contributed by atoms with E-state index in [1.54, 1.807) is 29.2 Å². The standard InChI is InChI=1S/C23H25N3O2/c1-15(2)26(22(27)12-11-18-10-9-16(3)13-17(18)4)14-21-24-20-8-6-5-7-19(20)23(28)25-21/h5-13,15H,14H2,1-4H3,(H,24,25,28)/b12-11+. The molecule has 3 aromatic rings. The van der Waals surface area contributed by atoms with Gasteiger partial charge >= 0.3 is 0 Å². The van der Waals surface area contributed by atoms with Crippen LogP contribution < -0.4 is 5.56 Å². The smallest absolute Gasteiger partial charge is 0.258 e. The number of hydrogen-bond acceptors (Lipinski definition) is 3. The van der Waals surface area contributed by atoms with E-state index >= 15 is 0 Å². The van der Waals surface area contributed by atoms with E-state index < -0.39 is 0 Å². The first-order valence-electron chi connectivity index (χ1n) is 9.39. The number of fused-ring (bicyclic) bond motifs is 1. The van der Waals surface area contributed by atoms with Crippen molar-refractivity contribution < 1.29 is 4.79 Å². The van der Waals surface area contributed by atoms with Crippen molar-refractivity contribution in [2.45, 2.75) is 40.3 Å². The average molecular weight is 375 g/mol. The molecule has 144 valence electrons. The molecular weight excluding hydrogens is 350 g/mol. The molecule has 0 unspecified atom stereocenters. The molecule has 3 rings (SSSR count). The van der Waals surface area contributed by atoms with Crippen molar-refractivity contribution in [3.63, 3.8) is 0 Å². The lowest BCUT2D eigenvalue weighted by atomic mass is 10.1. The number of aromatic nitrogens is 2. The maximum Gasteiger partial charge on any atom is 0.258 e. The Hall–Kier alpha value is -3.21. The lowest BCUT2D eigenvalue weighted by Gasteiger charge is -2.25. The van der Waals surface area contributed by atoms with Crippen LogP contribution in [-0.4, -0.2) is 26.8 Å². The SMILES string of the molecule is Cc1ccc(/C=C/C(=O)N(Cc2nc3ccccc3c(=O)[nH]2)C(C)C)c(C)c1. The van der Waals surface area contributed by atoms with E-state index in [0.717, 1.165) is 11.1 Å². The van der Waals surface area contributed by atoms with Gasteiger partial charge in [0.05, 0.1) is 17.4 Å². The van der Waals surface area contributed by atoms with E-state index in [9.17, 15) is 9.59 Å². The number of hydrogen-bond donors (Lipinski definition) is 1. The van der Waals surface area contributed by atoms with Crippen LogP contribution in [-0.2, 0) is 11.3 Å². The van der Waals surface area contributed by atoms with Gasteiger partial charge < -0.3 is 9.88 Å². The van der Waals surface area contributed by atoms with Gasteiger partial charge in [-0.15, -0.1) is 0 Å². The maximum absolute atomic E-state index is 12.8. The van der Waals surface area contributed by atoms with Gasteiger partial charge in [0.25, 0.3) is 5.56 Å². The number of para-hydroxylation sites is 1. The Kier molecular flexibility index (Phi) is 5.73.